The van der Waals surface area contributed by atoms with Gasteiger partial charge in [0.05, 0.1) is 5.52 Å². The van der Waals surface area contributed by atoms with Crippen LogP contribution in [0.25, 0.3) is 5.52 Å². The summed E-state index contributed by atoms with van der Waals surface area (Å²) in [6, 6.07) is 16.4. The topological polar surface area (TPSA) is 57.8 Å². The van der Waals surface area contributed by atoms with Gasteiger partial charge in [-0.25, -0.2) is 4.98 Å². The molecule has 25 heavy (non-hydrogen) atoms. The van der Waals surface area contributed by atoms with Gasteiger partial charge in [0.15, 0.2) is 5.69 Å². The van der Waals surface area contributed by atoms with E-state index < -0.39 is 0 Å². The number of amides is 1. The molecule has 0 saturated carbocycles. The summed E-state index contributed by atoms with van der Waals surface area (Å²) >= 11 is 0. The molecule has 1 saturated heterocycles. The molecule has 5 nitrogen and oxygen atoms in total. The highest BCUT2D eigenvalue weighted by molar-refractivity contribution is 5.99. The number of aliphatic hydroxyl groups excluding tert-OH is 1. The minimum Gasteiger partial charge on any atom is -0.400 e. The van der Waals surface area contributed by atoms with Gasteiger partial charge in [-0.15, -0.1) is 0 Å². The smallest absolute Gasteiger partial charge is 0.274 e. The number of aromatic nitrogens is 2. The van der Waals surface area contributed by atoms with Gasteiger partial charge in [-0.05, 0) is 36.5 Å². The number of likely N-dealkylation sites (tertiary alicyclic amines) is 1. The van der Waals surface area contributed by atoms with Gasteiger partial charge in [-0.1, -0.05) is 36.4 Å². The lowest BCUT2D eigenvalue weighted by atomic mass is 9.89. The molecule has 130 valence electrons. The first-order valence-corrected chi connectivity index (χ1v) is 8.53. The summed E-state index contributed by atoms with van der Waals surface area (Å²) in [4.78, 5) is 19.0. The normalized spacial score (nSPS) is 14.9. The van der Waals surface area contributed by atoms with Crippen LogP contribution in [-0.2, 0) is 0 Å². The largest absolute Gasteiger partial charge is 0.400 e. The predicted molar refractivity (Wildman–Crippen MR) is 97.7 cm³/mol. The average Bonchev–Trinajstić information content (AvgIpc) is 3.14. The lowest BCUT2D eigenvalue weighted by Crippen LogP contribution is -2.38. The van der Waals surface area contributed by atoms with Gasteiger partial charge < -0.3 is 14.4 Å². The second kappa shape index (κ2) is 7.94. The summed E-state index contributed by atoms with van der Waals surface area (Å²) < 4.78 is 1.89. The van der Waals surface area contributed by atoms with Crippen molar-refractivity contribution < 1.29 is 9.90 Å². The van der Waals surface area contributed by atoms with Gasteiger partial charge in [0.1, 0.15) is 6.33 Å². The van der Waals surface area contributed by atoms with E-state index in [2.05, 4.69) is 29.2 Å². The Balaban J connectivity index is 0.000000880. The molecular formula is C20H23N3O2. The number of pyridine rings is 1. The predicted octanol–water partition coefficient (Wildman–Crippen LogP) is 2.96. The highest BCUT2D eigenvalue weighted by atomic mass is 16.2. The minimum atomic E-state index is 0.0465. The molecule has 0 aliphatic carbocycles. The molecule has 0 radical (unpaired) electrons. The molecule has 0 spiro atoms. The van der Waals surface area contributed by atoms with E-state index >= 15 is 0 Å². The minimum absolute atomic E-state index is 0.0465. The van der Waals surface area contributed by atoms with E-state index in [0.717, 1.165) is 38.6 Å². The first-order chi connectivity index (χ1) is 12.3. The van der Waals surface area contributed by atoms with Crippen molar-refractivity contribution in [2.45, 2.75) is 18.8 Å². The Hall–Kier alpha value is -2.66. The second-order valence-corrected chi connectivity index (χ2v) is 6.06. The number of benzene rings is 1. The lowest BCUT2D eigenvalue weighted by molar-refractivity contribution is 0.0709. The van der Waals surface area contributed by atoms with Crippen molar-refractivity contribution in [1.29, 1.82) is 0 Å². The number of carbonyl (C=O) groups is 1. The number of rotatable bonds is 2. The molecule has 2 aromatic heterocycles. The fourth-order valence-electron chi connectivity index (χ4n) is 3.40. The van der Waals surface area contributed by atoms with Crippen LogP contribution in [0.5, 0.6) is 0 Å². The van der Waals surface area contributed by atoms with Crippen LogP contribution in [0.2, 0.25) is 0 Å². The van der Waals surface area contributed by atoms with Gasteiger partial charge in [-0.2, -0.15) is 0 Å². The number of aliphatic hydroxyl groups is 1. The zero-order valence-corrected chi connectivity index (χ0v) is 14.4. The quantitative estimate of drug-likeness (QED) is 0.782. The van der Waals surface area contributed by atoms with Crippen LogP contribution in [0, 0.1) is 0 Å². The van der Waals surface area contributed by atoms with Crippen molar-refractivity contribution in [1.82, 2.24) is 14.3 Å². The molecule has 4 rings (SSSR count). The number of hydrogen-bond acceptors (Lipinski definition) is 3. The average molecular weight is 337 g/mol. The molecule has 1 aliphatic heterocycles. The molecule has 3 heterocycles. The third kappa shape index (κ3) is 3.56. The molecule has 5 heteroatoms. The Labute approximate surface area is 147 Å². The lowest BCUT2D eigenvalue weighted by Gasteiger charge is -2.32. The number of piperidine rings is 1. The van der Waals surface area contributed by atoms with Gasteiger partial charge in [0.25, 0.3) is 5.91 Å². The number of carbonyl (C=O) groups excluding carboxylic acids is 1. The van der Waals surface area contributed by atoms with Crippen molar-refractivity contribution in [2.24, 2.45) is 0 Å². The third-order valence-electron chi connectivity index (χ3n) is 4.70. The first-order valence-electron chi connectivity index (χ1n) is 8.53. The molecule has 1 N–H and O–H groups in total. The molecule has 3 aromatic rings. The Morgan fingerprint density at radius 3 is 2.44 bits per heavy atom. The Bertz CT molecular complexity index is 821. The first kappa shape index (κ1) is 17.2. The van der Waals surface area contributed by atoms with Crippen LogP contribution in [-0.4, -0.2) is 45.5 Å². The number of nitrogens with zero attached hydrogens (tertiary/aromatic N) is 3. The second-order valence-electron chi connectivity index (χ2n) is 6.06. The van der Waals surface area contributed by atoms with Crippen LogP contribution in [0.4, 0.5) is 0 Å². The highest BCUT2D eigenvalue weighted by Gasteiger charge is 2.26. The summed E-state index contributed by atoms with van der Waals surface area (Å²) in [5, 5.41) is 7.00. The molecule has 0 atom stereocenters. The van der Waals surface area contributed by atoms with Gasteiger partial charge in [-0.3, -0.25) is 4.79 Å². The van der Waals surface area contributed by atoms with Gasteiger partial charge in [0, 0.05) is 26.4 Å². The molecule has 0 unspecified atom stereocenters. The van der Waals surface area contributed by atoms with Crippen LogP contribution in [0.15, 0.2) is 61.1 Å². The molecule has 1 aliphatic rings. The van der Waals surface area contributed by atoms with E-state index in [1.807, 2.05) is 39.8 Å². The maximum absolute atomic E-state index is 12.8. The van der Waals surface area contributed by atoms with Crippen molar-refractivity contribution in [3.8, 4) is 0 Å². The van der Waals surface area contributed by atoms with Gasteiger partial charge >= 0.3 is 0 Å². The zero-order valence-electron chi connectivity index (χ0n) is 14.4. The molecule has 1 fully saturated rings. The Kier molecular flexibility index (Phi) is 5.46. The number of hydrogen-bond donors (Lipinski definition) is 1. The molecule has 0 bridgehead atoms. The highest BCUT2D eigenvalue weighted by Crippen LogP contribution is 2.28. The molecule has 1 aromatic carbocycles. The van der Waals surface area contributed by atoms with Crippen molar-refractivity contribution in [2.75, 3.05) is 20.2 Å². The maximum Gasteiger partial charge on any atom is 0.274 e. The van der Waals surface area contributed by atoms with Crippen LogP contribution < -0.4 is 0 Å². The maximum atomic E-state index is 12.8. The summed E-state index contributed by atoms with van der Waals surface area (Å²) in [6.45, 7) is 1.59. The van der Waals surface area contributed by atoms with Crippen molar-refractivity contribution in [3.63, 3.8) is 0 Å². The molecular weight excluding hydrogens is 314 g/mol. The summed E-state index contributed by atoms with van der Waals surface area (Å²) in [6.07, 6.45) is 5.66. The van der Waals surface area contributed by atoms with E-state index in [9.17, 15) is 4.79 Å². The van der Waals surface area contributed by atoms with E-state index in [0.29, 0.717) is 11.6 Å². The Morgan fingerprint density at radius 2 is 1.72 bits per heavy atom. The third-order valence-corrected chi connectivity index (χ3v) is 4.70. The molecule has 1 amide bonds. The monoisotopic (exact) mass is 337 g/mol. The summed E-state index contributed by atoms with van der Waals surface area (Å²) in [7, 11) is 1.00. The fraction of sp³-hybridized carbons (Fsp3) is 0.300. The van der Waals surface area contributed by atoms with Crippen molar-refractivity contribution >= 4 is 11.4 Å². The van der Waals surface area contributed by atoms with Crippen LogP contribution in [0.1, 0.15) is 34.8 Å². The fourth-order valence-corrected chi connectivity index (χ4v) is 3.40. The van der Waals surface area contributed by atoms with E-state index in [-0.39, 0.29) is 5.91 Å². The van der Waals surface area contributed by atoms with Gasteiger partial charge in [0.2, 0.25) is 0 Å². The summed E-state index contributed by atoms with van der Waals surface area (Å²) in [5.74, 6) is 0.601. The summed E-state index contributed by atoms with van der Waals surface area (Å²) in [5.41, 5.74) is 2.82. The standard InChI is InChI=1S/C19H19N3O.CH4O/c23-19(18-17-8-4-5-11-22(17)14-20-18)21-12-9-16(10-13-21)15-6-2-1-3-7-15;1-2/h1-8,11,14,16H,9-10,12-13H2;2H,1H3. The Morgan fingerprint density at radius 1 is 1.04 bits per heavy atom. The van der Waals surface area contributed by atoms with Crippen LogP contribution >= 0.6 is 0 Å². The van der Waals surface area contributed by atoms with Crippen LogP contribution in [0.3, 0.4) is 0 Å². The van der Waals surface area contributed by atoms with Crippen molar-refractivity contribution in [3.05, 3.63) is 72.3 Å². The number of imidazole rings is 1. The van der Waals surface area contributed by atoms with E-state index in [1.165, 1.54) is 5.56 Å². The zero-order chi connectivity index (χ0) is 17.6. The SMILES string of the molecule is CO.O=C(c1ncn2ccccc12)N1CCC(c2ccccc2)CC1. The number of fused-ring (bicyclic) bond motifs is 1. The van der Waals surface area contributed by atoms with E-state index in [1.54, 1.807) is 6.33 Å². The van der Waals surface area contributed by atoms with E-state index in [4.69, 9.17) is 5.11 Å².